The average molecular weight is 227 g/mol. The quantitative estimate of drug-likeness (QED) is 0.796. The second kappa shape index (κ2) is 4.47. The zero-order valence-electron chi connectivity index (χ0n) is 8.79. The van der Waals surface area contributed by atoms with Gasteiger partial charge in [0.15, 0.2) is 0 Å². The second-order valence-electron chi connectivity index (χ2n) is 4.36. The van der Waals surface area contributed by atoms with E-state index in [1.807, 2.05) is 12.1 Å². The summed E-state index contributed by atoms with van der Waals surface area (Å²) in [6, 6.07) is 3.89. The standard InChI is InChI=1S/C11H15ClN2O/c1-11(7-15-8-11)6-13-5-9-3-2-4-14-10(9)12/h2-4,13H,5-8H2,1H3. The van der Waals surface area contributed by atoms with Crippen LogP contribution < -0.4 is 5.32 Å². The number of nitrogens with one attached hydrogen (secondary N) is 1. The summed E-state index contributed by atoms with van der Waals surface area (Å²) in [6.07, 6.45) is 1.70. The molecule has 2 rings (SSSR count). The van der Waals surface area contributed by atoms with Gasteiger partial charge in [-0.25, -0.2) is 4.98 Å². The number of rotatable bonds is 4. The lowest BCUT2D eigenvalue weighted by Crippen LogP contribution is -2.47. The Bertz CT molecular complexity index is 339. The van der Waals surface area contributed by atoms with Gasteiger partial charge in [0.1, 0.15) is 5.15 Å². The van der Waals surface area contributed by atoms with Crippen molar-refractivity contribution in [3.8, 4) is 0 Å². The molecule has 1 saturated heterocycles. The Labute approximate surface area is 94.8 Å². The summed E-state index contributed by atoms with van der Waals surface area (Å²) < 4.78 is 5.19. The summed E-state index contributed by atoms with van der Waals surface area (Å²) in [5.74, 6) is 0. The van der Waals surface area contributed by atoms with E-state index in [4.69, 9.17) is 16.3 Å². The van der Waals surface area contributed by atoms with Gasteiger partial charge >= 0.3 is 0 Å². The molecule has 0 amide bonds. The molecule has 0 atom stereocenters. The minimum Gasteiger partial charge on any atom is -0.380 e. The summed E-state index contributed by atoms with van der Waals surface area (Å²) in [6.45, 7) is 5.64. The van der Waals surface area contributed by atoms with Crippen LogP contribution >= 0.6 is 11.6 Å². The number of pyridine rings is 1. The summed E-state index contributed by atoms with van der Waals surface area (Å²) in [5.41, 5.74) is 1.34. The van der Waals surface area contributed by atoms with Crippen molar-refractivity contribution in [3.63, 3.8) is 0 Å². The van der Waals surface area contributed by atoms with Crippen molar-refractivity contribution in [2.75, 3.05) is 19.8 Å². The lowest BCUT2D eigenvalue weighted by molar-refractivity contribution is -0.0991. The molecule has 0 aliphatic carbocycles. The maximum atomic E-state index is 5.95. The Morgan fingerprint density at radius 3 is 3.00 bits per heavy atom. The monoisotopic (exact) mass is 226 g/mol. The molecule has 0 saturated carbocycles. The van der Waals surface area contributed by atoms with Crippen molar-refractivity contribution in [2.45, 2.75) is 13.5 Å². The van der Waals surface area contributed by atoms with Crippen molar-refractivity contribution < 1.29 is 4.74 Å². The third-order valence-electron chi connectivity index (χ3n) is 2.60. The first-order valence-electron chi connectivity index (χ1n) is 5.07. The summed E-state index contributed by atoms with van der Waals surface area (Å²) in [7, 11) is 0. The molecule has 1 aromatic heterocycles. The molecule has 0 spiro atoms. The molecule has 0 bridgehead atoms. The second-order valence-corrected chi connectivity index (χ2v) is 4.72. The van der Waals surface area contributed by atoms with Gasteiger partial charge in [-0.15, -0.1) is 0 Å². The maximum absolute atomic E-state index is 5.95. The summed E-state index contributed by atoms with van der Waals surface area (Å²) >= 11 is 5.95. The van der Waals surface area contributed by atoms with Crippen molar-refractivity contribution in [3.05, 3.63) is 29.0 Å². The number of hydrogen-bond donors (Lipinski definition) is 1. The minimum absolute atomic E-state index is 0.300. The molecule has 1 fully saturated rings. The Balaban J connectivity index is 1.81. The predicted octanol–water partition coefficient (Wildman–Crippen LogP) is 1.86. The summed E-state index contributed by atoms with van der Waals surface area (Å²) in [4.78, 5) is 4.03. The number of nitrogens with zero attached hydrogens (tertiary/aromatic N) is 1. The molecule has 3 nitrogen and oxygen atoms in total. The van der Waals surface area contributed by atoms with Gasteiger partial charge in [-0.05, 0) is 6.07 Å². The Morgan fingerprint density at radius 1 is 1.60 bits per heavy atom. The van der Waals surface area contributed by atoms with E-state index < -0.39 is 0 Å². The molecule has 1 aliphatic heterocycles. The zero-order valence-corrected chi connectivity index (χ0v) is 9.55. The lowest BCUT2D eigenvalue weighted by atomic mass is 9.89. The molecular weight excluding hydrogens is 212 g/mol. The highest BCUT2D eigenvalue weighted by atomic mass is 35.5. The van der Waals surface area contributed by atoms with E-state index in [1.165, 1.54) is 0 Å². The Kier molecular flexibility index (Phi) is 3.24. The van der Waals surface area contributed by atoms with Crippen LogP contribution in [0.15, 0.2) is 18.3 Å². The number of halogens is 1. The zero-order chi connectivity index (χ0) is 10.7. The van der Waals surface area contributed by atoms with E-state index in [-0.39, 0.29) is 0 Å². The highest BCUT2D eigenvalue weighted by Gasteiger charge is 2.32. The SMILES string of the molecule is CC1(CNCc2cccnc2Cl)COC1. The van der Waals surface area contributed by atoms with Gasteiger partial charge in [-0.1, -0.05) is 24.6 Å². The summed E-state index contributed by atoms with van der Waals surface area (Å²) in [5, 5.41) is 3.96. The predicted molar refractivity (Wildman–Crippen MR) is 59.9 cm³/mol. The van der Waals surface area contributed by atoms with Crippen LogP contribution in [-0.2, 0) is 11.3 Å². The molecular formula is C11H15ClN2O. The van der Waals surface area contributed by atoms with E-state index >= 15 is 0 Å². The molecule has 1 aromatic rings. The Morgan fingerprint density at radius 2 is 2.40 bits per heavy atom. The van der Waals surface area contributed by atoms with Crippen LogP contribution in [0.4, 0.5) is 0 Å². The maximum Gasteiger partial charge on any atom is 0.133 e. The highest BCUT2D eigenvalue weighted by molar-refractivity contribution is 6.30. The molecule has 82 valence electrons. The smallest absolute Gasteiger partial charge is 0.133 e. The van der Waals surface area contributed by atoms with Crippen LogP contribution in [-0.4, -0.2) is 24.7 Å². The van der Waals surface area contributed by atoms with Crippen LogP contribution in [0.5, 0.6) is 0 Å². The van der Waals surface area contributed by atoms with E-state index in [0.29, 0.717) is 10.6 Å². The van der Waals surface area contributed by atoms with Crippen molar-refractivity contribution >= 4 is 11.6 Å². The van der Waals surface area contributed by atoms with E-state index in [1.54, 1.807) is 6.20 Å². The molecule has 0 radical (unpaired) electrons. The van der Waals surface area contributed by atoms with Crippen molar-refractivity contribution in [1.29, 1.82) is 0 Å². The van der Waals surface area contributed by atoms with Crippen LogP contribution in [0, 0.1) is 5.41 Å². The van der Waals surface area contributed by atoms with Crippen LogP contribution in [0.25, 0.3) is 0 Å². The van der Waals surface area contributed by atoms with Gasteiger partial charge in [-0.3, -0.25) is 0 Å². The first-order valence-corrected chi connectivity index (χ1v) is 5.45. The molecule has 0 aromatic carbocycles. The number of hydrogen-bond acceptors (Lipinski definition) is 3. The molecule has 1 N–H and O–H groups in total. The van der Waals surface area contributed by atoms with Crippen LogP contribution in [0.1, 0.15) is 12.5 Å². The van der Waals surface area contributed by atoms with Gasteiger partial charge in [0.25, 0.3) is 0 Å². The van der Waals surface area contributed by atoms with Crippen LogP contribution in [0.3, 0.4) is 0 Å². The third kappa shape index (κ3) is 2.68. The topological polar surface area (TPSA) is 34.2 Å². The highest BCUT2D eigenvalue weighted by Crippen LogP contribution is 2.25. The fraction of sp³-hybridized carbons (Fsp3) is 0.545. The lowest BCUT2D eigenvalue weighted by Gasteiger charge is -2.38. The van der Waals surface area contributed by atoms with Gasteiger partial charge in [0.05, 0.1) is 13.2 Å². The van der Waals surface area contributed by atoms with Crippen molar-refractivity contribution in [1.82, 2.24) is 10.3 Å². The average Bonchev–Trinajstić information content (AvgIpc) is 2.18. The van der Waals surface area contributed by atoms with Crippen LogP contribution in [0.2, 0.25) is 5.15 Å². The molecule has 0 unspecified atom stereocenters. The van der Waals surface area contributed by atoms with Crippen molar-refractivity contribution in [2.24, 2.45) is 5.41 Å². The largest absolute Gasteiger partial charge is 0.380 e. The molecule has 1 aliphatic rings. The van der Waals surface area contributed by atoms with Gasteiger partial charge < -0.3 is 10.1 Å². The van der Waals surface area contributed by atoms with E-state index in [9.17, 15) is 0 Å². The number of ether oxygens (including phenoxy) is 1. The first kappa shape index (κ1) is 10.9. The molecule has 15 heavy (non-hydrogen) atoms. The van der Waals surface area contributed by atoms with Gasteiger partial charge in [0.2, 0.25) is 0 Å². The van der Waals surface area contributed by atoms with Gasteiger partial charge in [-0.2, -0.15) is 0 Å². The minimum atomic E-state index is 0.300. The van der Waals surface area contributed by atoms with E-state index in [2.05, 4.69) is 17.2 Å². The molecule has 4 heteroatoms. The third-order valence-corrected chi connectivity index (χ3v) is 2.94. The fourth-order valence-electron chi connectivity index (χ4n) is 1.60. The first-order chi connectivity index (χ1) is 7.20. The fourth-order valence-corrected chi connectivity index (χ4v) is 1.79. The van der Waals surface area contributed by atoms with E-state index in [0.717, 1.165) is 31.9 Å². The van der Waals surface area contributed by atoms with Gasteiger partial charge in [0, 0.05) is 30.3 Å². The number of aromatic nitrogens is 1. The molecule has 2 heterocycles. The normalized spacial score (nSPS) is 18.5. The Hall–Kier alpha value is -0.640.